The molecule has 1 saturated carbocycles. The summed E-state index contributed by atoms with van der Waals surface area (Å²) in [6, 6.07) is 5.25. The van der Waals surface area contributed by atoms with Gasteiger partial charge in [-0.1, -0.05) is 30.9 Å². The van der Waals surface area contributed by atoms with Crippen LogP contribution in [0.15, 0.2) is 35.6 Å². The molecular weight excluding hydrogens is 500 g/mol. The van der Waals surface area contributed by atoms with E-state index in [1.807, 2.05) is 12.1 Å². The van der Waals surface area contributed by atoms with E-state index in [9.17, 15) is 4.79 Å². The van der Waals surface area contributed by atoms with Gasteiger partial charge in [-0.2, -0.15) is 0 Å². The van der Waals surface area contributed by atoms with Gasteiger partial charge in [-0.25, -0.2) is 0 Å². The van der Waals surface area contributed by atoms with Gasteiger partial charge in [-0.3, -0.25) is 19.7 Å². The van der Waals surface area contributed by atoms with E-state index < -0.39 is 6.04 Å². The van der Waals surface area contributed by atoms with Crippen LogP contribution in [0.4, 0.5) is 5.69 Å². The average Bonchev–Trinajstić information content (AvgIpc) is 3.48. The molecule has 3 aliphatic rings. The van der Waals surface area contributed by atoms with Gasteiger partial charge in [0.05, 0.1) is 48.2 Å². The number of hydrogen-bond acceptors (Lipinski definition) is 6. The molecule has 4 heterocycles. The Morgan fingerprint density at radius 3 is 2.92 bits per heavy atom. The van der Waals surface area contributed by atoms with E-state index in [2.05, 4.69) is 38.9 Å². The van der Waals surface area contributed by atoms with Gasteiger partial charge in [-0.15, -0.1) is 0 Å². The van der Waals surface area contributed by atoms with Crippen LogP contribution in [0, 0.1) is 5.92 Å². The molecule has 1 atom stereocenters. The Morgan fingerprint density at radius 1 is 1.24 bits per heavy atom. The molecule has 1 amide bonds. The number of aliphatic imine (C=N–C) groups is 1. The first kappa shape index (κ1) is 25.6. The number of anilines is 1. The molecule has 6 rings (SSSR count). The maximum absolute atomic E-state index is 13.8. The Bertz CT molecular complexity index is 1360. The molecule has 0 spiro atoms. The fourth-order valence-corrected chi connectivity index (χ4v) is 6.55. The molecule has 0 radical (unpaired) electrons. The predicted molar refractivity (Wildman–Crippen MR) is 153 cm³/mol. The predicted octanol–water partition coefficient (Wildman–Crippen LogP) is 5.08. The van der Waals surface area contributed by atoms with Crippen molar-refractivity contribution >= 4 is 50.8 Å². The van der Waals surface area contributed by atoms with Gasteiger partial charge in [0.2, 0.25) is 5.91 Å². The molecule has 1 aliphatic carbocycles. The first-order valence-corrected chi connectivity index (χ1v) is 14.3. The Morgan fingerprint density at radius 2 is 2.08 bits per heavy atom. The van der Waals surface area contributed by atoms with Gasteiger partial charge in [0.15, 0.2) is 0 Å². The van der Waals surface area contributed by atoms with Crippen LogP contribution in [0.25, 0.3) is 21.8 Å². The molecule has 38 heavy (non-hydrogen) atoms. The van der Waals surface area contributed by atoms with Crippen LogP contribution in [0.5, 0.6) is 0 Å². The second-order valence-corrected chi connectivity index (χ2v) is 12.1. The van der Waals surface area contributed by atoms with Crippen LogP contribution in [0.1, 0.15) is 46.0 Å². The molecule has 2 fully saturated rings. The highest BCUT2D eigenvalue weighted by Gasteiger charge is 2.39. The number of aromatic nitrogens is 2. The summed E-state index contributed by atoms with van der Waals surface area (Å²) in [5, 5.41) is 5.72. The van der Waals surface area contributed by atoms with Gasteiger partial charge < -0.3 is 19.9 Å². The lowest BCUT2D eigenvalue weighted by Crippen LogP contribution is -2.60. The molecule has 9 heteroatoms. The number of nitrogens with zero attached hydrogens (tertiary/aromatic N) is 4. The third kappa shape index (κ3) is 5.26. The summed E-state index contributed by atoms with van der Waals surface area (Å²) in [5.41, 5.74) is 2.07. The Kier molecular flexibility index (Phi) is 7.05. The van der Waals surface area contributed by atoms with Gasteiger partial charge in [-0.05, 0) is 50.8 Å². The van der Waals surface area contributed by atoms with Gasteiger partial charge >= 0.3 is 0 Å². The van der Waals surface area contributed by atoms with Crippen LogP contribution in [-0.2, 0) is 9.53 Å². The van der Waals surface area contributed by atoms with Crippen LogP contribution < -0.4 is 5.32 Å². The number of carbonyl (C=O) groups excluding carboxylic acids is 1. The normalized spacial score (nSPS) is 22.8. The minimum absolute atomic E-state index is 0.0988. The second kappa shape index (κ2) is 10.5. The fourth-order valence-electron chi connectivity index (χ4n) is 6.33. The van der Waals surface area contributed by atoms with E-state index in [4.69, 9.17) is 21.3 Å². The number of nitrogens with one attached hydrogen (secondary N) is 2. The lowest BCUT2D eigenvalue weighted by atomic mass is 9.89. The van der Waals surface area contributed by atoms with Crippen LogP contribution in [0.2, 0.25) is 5.02 Å². The van der Waals surface area contributed by atoms with Crippen molar-refractivity contribution in [3.8, 4) is 0 Å². The lowest BCUT2D eigenvalue weighted by molar-refractivity contribution is -0.141. The average molecular weight is 537 g/mol. The molecule has 0 bridgehead atoms. The van der Waals surface area contributed by atoms with Crippen molar-refractivity contribution in [3.63, 3.8) is 0 Å². The van der Waals surface area contributed by atoms with Crippen LogP contribution in [-0.4, -0.2) is 82.5 Å². The zero-order valence-corrected chi connectivity index (χ0v) is 23.1. The summed E-state index contributed by atoms with van der Waals surface area (Å²) in [7, 11) is 0. The molecule has 3 aromatic rings. The SMILES string of the molecule is CC1(C)CN(CC2=NCCN2CC2CCCCC2)[C@H](C(=O)Nc2cc(Cl)cc3c2[nH]c2cnccc23)CO1. The van der Waals surface area contributed by atoms with E-state index >= 15 is 0 Å². The maximum atomic E-state index is 13.8. The number of ether oxygens (including phenoxy) is 1. The monoisotopic (exact) mass is 536 g/mol. The molecule has 8 nitrogen and oxygen atoms in total. The van der Waals surface area contributed by atoms with E-state index in [1.54, 1.807) is 18.5 Å². The summed E-state index contributed by atoms with van der Waals surface area (Å²) >= 11 is 6.49. The molecule has 2 N–H and O–H groups in total. The van der Waals surface area contributed by atoms with Gasteiger partial charge in [0, 0.05) is 41.6 Å². The number of benzene rings is 1. The zero-order valence-electron chi connectivity index (χ0n) is 22.3. The summed E-state index contributed by atoms with van der Waals surface area (Å²) in [6.07, 6.45) is 10.2. The highest BCUT2D eigenvalue weighted by Crippen LogP contribution is 2.34. The molecule has 202 valence electrons. The van der Waals surface area contributed by atoms with Crippen LogP contribution in [0.3, 0.4) is 0 Å². The van der Waals surface area contributed by atoms with Gasteiger partial charge in [0.25, 0.3) is 0 Å². The number of amides is 1. The van der Waals surface area contributed by atoms with Crippen molar-refractivity contribution in [2.45, 2.75) is 57.6 Å². The van der Waals surface area contributed by atoms with Crippen molar-refractivity contribution < 1.29 is 9.53 Å². The number of rotatable bonds is 6. The number of morpholine rings is 1. The summed E-state index contributed by atoms with van der Waals surface area (Å²) in [6.45, 7) is 8.71. The lowest BCUT2D eigenvalue weighted by Gasteiger charge is -2.43. The first-order chi connectivity index (χ1) is 18.4. The fraction of sp³-hybridized carbons (Fsp3) is 0.552. The third-order valence-corrected chi connectivity index (χ3v) is 8.49. The largest absolute Gasteiger partial charge is 0.372 e. The molecule has 0 unspecified atom stereocenters. The number of fused-ring (bicyclic) bond motifs is 3. The van der Waals surface area contributed by atoms with Crippen molar-refractivity contribution in [1.29, 1.82) is 0 Å². The quantitative estimate of drug-likeness (QED) is 0.459. The van der Waals surface area contributed by atoms with E-state index in [0.29, 0.717) is 30.4 Å². The van der Waals surface area contributed by atoms with Crippen molar-refractivity contribution in [2.24, 2.45) is 10.9 Å². The van der Waals surface area contributed by atoms with E-state index in [-0.39, 0.29) is 11.5 Å². The minimum Gasteiger partial charge on any atom is -0.372 e. The maximum Gasteiger partial charge on any atom is 0.244 e. The molecule has 2 aliphatic heterocycles. The number of H-pyrrole nitrogens is 1. The van der Waals surface area contributed by atoms with Crippen molar-refractivity contribution in [3.05, 3.63) is 35.6 Å². The molecule has 1 saturated heterocycles. The minimum atomic E-state index is -0.428. The highest BCUT2D eigenvalue weighted by molar-refractivity contribution is 6.33. The Hall–Kier alpha value is -2.68. The number of hydrogen-bond donors (Lipinski definition) is 2. The summed E-state index contributed by atoms with van der Waals surface area (Å²) in [5.74, 6) is 1.77. The van der Waals surface area contributed by atoms with Gasteiger partial charge in [0.1, 0.15) is 11.9 Å². The number of carbonyl (C=O) groups is 1. The molecule has 2 aromatic heterocycles. The number of pyridine rings is 1. The molecule has 1 aromatic carbocycles. The second-order valence-electron chi connectivity index (χ2n) is 11.7. The summed E-state index contributed by atoms with van der Waals surface area (Å²) < 4.78 is 6.14. The van der Waals surface area contributed by atoms with Crippen LogP contribution >= 0.6 is 11.6 Å². The first-order valence-electron chi connectivity index (χ1n) is 13.9. The topological polar surface area (TPSA) is 85.9 Å². The number of aromatic amines is 1. The number of halogens is 1. The standard InChI is InChI=1S/C29H37ClN6O2/c1-29(2)18-36(16-26-32-10-11-35(26)15-19-6-4-3-5-7-19)25(17-38-29)28(37)34-23-13-20(30)12-22-21-8-9-31-14-24(21)33-27(22)23/h8-9,12-14,19,25,33H,3-7,10-11,15-18H2,1-2H3,(H,34,37)/t25-/m0/s1. The smallest absolute Gasteiger partial charge is 0.244 e. The van der Waals surface area contributed by atoms with Crippen molar-refractivity contribution in [2.75, 3.05) is 44.6 Å². The Balaban J connectivity index is 1.22. The third-order valence-electron chi connectivity index (χ3n) is 8.27. The van der Waals surface area contributed by atoms with E-state index in [0.717, 1.165) is 53.2 Å². The summed E-state index contributed by atoms with van der Waals surface area (Å²) in [4.78, 5) is 31.0. The highest BCUT2D eigenvalue weighted by atomic mass is 35.5. The molecular formula is C29H37ClN6O2. The zero-order chi connectivity index (χ0) is 26.3. The number of amidine groups is 1. The van der Waals surface area contributed by atoms with E-state index in [1.165, 1.54) is 32.1 Å². The van der Waals surface area contributed by atoms with Crippen molar-refractivity contribution in [1.82, 2.24) is 19.8 Å². The Labute approximate surface area is 228 Å².